The van der Waals surface area contributed by atoms with Gasteiger partial charge in [-0.2, -0.15) is 0 Å². The van der Waals surface area contributed by atoms with E-state index in [2.05, 4.69) is 10.0 Å². The number of rotatable bonds is 8. The van der Waals surface area contributed by atoms with Gasteiger partial charge < -0.3 is 10.1 Å². The summed E-state index contributed by atoms with van der Waals surface area (Å²) in [6.07, 6.45) is 1.03. The minimum absolute atomic E-state index is 0.00700. The molecular weight excluding hydrogens is 404 g/mol. The summed E-state index contributed by atoms with van der Waals surface area (Å²) < 4.78 is 55.3. The van der Waals surface area contributed by atoms with Crippen LogP contribution >= 0.6 is 0 Å². The Balaban J connectivity index is 2.01. The average Bonchev–Trinajstić information content (AvgIpc) is 2.54. The smallest absolute Gasteiger partial charge is 0.241 e. The maximum Gasteiger partial charge on any atom is 0.241 e. The number of hydrogen-bond donors (Lipinski definition) is 2. The first-order valence-corrected chi connectivity index (χ1v) is 11.9. The number of nitrogens with one attached hydrogen (secondary N) is 2. The Morgan fingerprint density at radius 3 is 2.21 bits per heavy atom. The van der Waals surface area contributed by atoms with E-state index in [0.29, 0.717) is 11.4 Å². The van der Waals surface area contributed by atoms with Crippen molar-refractivity contribution < 1.29 is 26.4 Å². The van der Waals surface area contributed by atoms with Crippen molar-refractivity contribution in [3.05, 3.63) is 48.5 Å². The standard InChI is InChI=1S/C18H22N2O6S2/c1-13(2)26-16-9-7-14(8-10-16)20-28(24,25)12-18(21)19-15-5-4-6-17(11-15)27(3,22)23/h4-11,13,20H,12H2,1-3H3,(H,19,21). The van der Waals surface area contributed by atoms with Crippen molar-refractivity contribution in [2.45, 2.75) is 24.8 Å². The molecule has 0 aliphatic heterocycles. The molecule has 0 aromatic heterocycles. The molecule has 0 aliphatic rings. The second-order valence-corrected chi connectivity index (χ2v) is 10.1. The molecule has 0 fully saturated rings. The van der Waals surface area contributed by atoms with Gasteiger partial charge in [-0.3, -0.25) is 9.52 Å². The summed E-state index contributed by atoms with van der Waals surface area (Å²) in [5, 5.41) is 2.38. The molecule has 10 heteroatoms. The second kappa shape index (κ2) is 8.61. The largest absolute Gasteiger partial charge is 0.491 e. The van der Waals surface area contributed by atoms with Gasteiger partial charge in [0.05, 0.1) is 11.0 Å². The third kappa shape index (κ3) is 6.86. The zero-order chi connectivity index (χ0) is 20.9. The molecule has 2 aromatic carbocycles. The number of sulfone groups is 1. The summed E-state index contributed by atoms with van der Waals surface area (Å²) in [6.45, 7) is 3.75. The van der Waals surface area contributed by atoms with Gasteiger partial charge in [0, 0.05) is 17.6 Å². The molecule has 0 saturated heterocycles. The van der Waals surface area contributed by atoms with Gasteiger partial charge in [0.2, 0.25) is 15.9 Å². The average molecular weight is 427 g/mol. The molecule has 0 aliphatic carbocycles. The molecule has 0 saturated carbocycles. The van der Waals surface area contributed by atoms with Crippen LogP contribution in [0, 0.1) is 0 Å². The van der Waals surface area contributed by atoms with Gasteiger partial charge in [-0.1, -0.05) is 6.07 Å². The van der Waals surface area contributed by atoms with Crippen LogP contribution in [0.5, 0.6) is 5.75 Å². The monoisotopic (exact) mass is 426 g/mol. The van der Waals surface area contributed by atoms with Crippen LogP contribution in [0.15, 0.2) is 53.4 Å². The van der Waals surface area contributed by atoms with Crippen LogP contribution in [0.25, 0.3) is 0 Å². The van der Waals surface area contributed by atoms with Crippen molar-refractivity contribution in [3.8, 4) is 5.75 Å². The van der Waals surface area contributed by atoms with Gasteiger partial charge in [-0.15, -0.1) is 0 Å². The van der Waals surface area contributed by atoms with E-state index in [0.717, 1.165) is 6.26 Å². The first kappa shape index (κ1) is 21.7. The van der Waals surface area contributed by atoms with Crippen molar-refractivity contribution in [2.24, 2.45) is 0 Å². The van der Waals surface area contributed by atoms with E-state index >= 15 is 0 Å². The number of ether oxygens (including phenoxy) is 1. The highest BCUT2D eigenvalue weighted by Crippen LogP contribution is 2.18. The summed E-state index contributed by atoms with van der Waals surface area (Å²) in [6, 6.07) is 11.9. The predicted octanol–water partition coefficient (Wildman–Crippen LogP) is 2.26. The van der Waals surface area contributed by atoms with Crippen molar-refractivity contribution >= 4 is 37.1 Å². The minimum atomic E-state index is -3.95. The molecule has 8 nitrogen and oxygen atoms in total. The molecule has 2 rings (SSSR count). The van der Waals surface area contributed by atoms with Gasteiger partial charge in [0.1, 0.15) is 11.5 Å². The zero-order valence-corrected chi connectivity index (χ0v) is 17.3. The van der Waals surface area contributed by atoms with Crippen LogP contribution in [0.4, 0.5) is 11.4 Å². The highest BCUT2D eigenvalue weighted by Gasteiger charge is 2.17. The quantitative estimate of drug-likeness (QED) is 0.668. The molecular formula is C18H22N2O6S2. The summed E-state index contributed by atoms with van der Waals surface area (Å²) in [5.74, 6) is -1.01. The van der Waals surface area contributed by atoms with Crippen molar-refractivity contribution in [2.75, 3.05) is 22.0 Å². The highest BCUT2D eigenvalue weighted by molar-refractivity contribution is 7.93. The molecule has 0 heterocycles. The number of anilines is 2. The Morgan fingerprint density at radius 1 is 1.00 bits per heavy atom. The molecule has 0 spiro atoms. The summed E-state index contributed by atoms with van der Waals surface area (Å²) in [5.41, 5.74) is 0.487. The van der Waals surface area contributed by atoms with Gasteiger partial charge >= 0.3 is 0 Å². The fraction of sp³-hybridized carbons (Fsp3) is 0.278. The molecule has 152 valence electrons. The predicted molar refractivity (Wildman–Crippen MR) is 108 cm³/mol. The minimum Gasteiger partial charge on any atom is -0.491 e. The number of carbonyl (C=O) groups excluding carboxylic acids is 1. The van der Waals surface area contributed by atoms with E-state index in [1.807, 2.05) is 13.8 Å². The number of sulfonamides is 1. The topological polar surface area (TPSA) is 119 Å². The third-order valence-electron chi connectivity index (χ3n) is 3.37. The first-order valence-electron chi connectivity index (χ1n) is 8.32. The van der Waals surface area contributed by atoms with Gasteiger partial charge in [-0.25, -0.2) is 16.8 Å². The van der Waals surface area contributed by atoms with Crippen LogP contribution in [0.3, 0.4) is 0 Å². The van der Waals surface area contributed by atoms with E-state index in [1.165, 1.54) is 36.4 Å². The normalized spacial score (nSPS) is 11.9. The van der Waals surface area contributed by atoms with Crippen molar-refractivity contribution in [3.63, 3.8) is 0 Å². The molecule has 2 aromatic rings. The van der Waals surface area contributed by atoms with E-state index < -0.39 is 31.5 Å². The SMILES string of the molecule is CC(C)Oc1ccc(NS(=O)(=O)CC(=O)Nc2cccc(S(C)(=O)=O)c2)cc1. The van der Waals surface area contributed by atoms with E-state index in [1.54, 1.807) is 12.1 Å². The van der Waals surface area contributed by atoms with Crippen molar-refractivity contribution in [1.29, 1.82) is 0 Å². The van der Waals surface area contributed by atoms with Crippen LogP contribution in [-0.4, -0.2) is 40.9 Å². The molecule has 0 atom stereocenters. The second-order valence-electron chi connectivity index (χ2n) is 6.40. The lowest BCUT2D eigenvalue weighted by Gasteiger charge is -2.12. The van der Waals surface area contributed by atoms with E-state index in [9.17, 15) is 21.6 Å². The van der Waals surface area contributed by atoms with Crippen molar-refractivity contribution in [1.82, 2.24) is 0 Å². The number of amides is 1. The lowest BCUT2D eigenvalue weighted by molar-refractivity contribution is -0.113. The number of carbonyl (C=O) groups is 1. The maximum absolute atomic E-state index is 12.2. The van der Waals surface area contributed by atoms with Gasteiger partial charge in [0.25, 0.3) is 0 Å². The Kier molecular flexibility index (Phi) is 6.68. The number of benzene rings is 2. The Hall–Kier alpha value is -2.59. The Bertz CT molecular complexity index is 1050. The zero-order valence-electron chi connectivity index (χ0n) is 15.7. The molecule has 28 heavy (non-hydrogen) atoms. The van der Waals surface area contributed by atoms with E-state index in [-0.39, 0.29) is 16.7 Å². The fourth-order valence-corrected chi connectivity index (χ4v) is 3.92. The van der Waals surface area contributed by atoms with E-state index in [4.69, 9.17) is 4.74 Å². The third-order valence-corrected chi connectivity index (χ3v) is 5.67. The Labute approximate surface area is 164 Å². The fourth-order valence-electron chi connectivity index (χ4n) is 2.26. The first-order chi connectivity index (χ1) is 12.9. The molecule has 0 radical (unpaired) electrons. The summed E-state index contributed by atoms with van der Waals surface area (Å²) >= 11 is 0. The highest BCUT2D eigenvalue weighted by atomic mass is 32.2. The van der Waals surface area contributed by atoms with Gasteiger partial charge in [-0.05, 0) is 56.3 Å². The van der Waals surface area contributed by atoms with Crippen LogP contribution in [0.2, 0.25) is 0 Å². The molecule has 0 unspecified atom stereocenters. The number of hydrogen-bond acceptors (Lipinski definition) is 6. The molecule has 0 bridgehead atoms. The summed E-state index contributed by atoms with van der Waals surface area (Å²) in [7, 11) is -7.39. The van der Waals surface area contributed by atoms with Crippen LogP contribution in [-0.2, 0) is 24.7 Å². The van der Waals surface area contributed by atoms with Crippen LogP contribution < -0.4 is 14.8 Å². The van der Waals surface area contributed by atoms with Gasteiger partial charge in [0.15, 0.2) is 9.84 Å². The Morgan fingerprint density at radius 2 is 1.64 bits per heavy atom. The van der Waals surface area contributed by atoms with Crippen LogP contribution in [0.1, 0.15) is 13.8 Å². The summed E-state index contributed by atoms with van der Waals surface area (Å²) in [4.78, 5) is 12.1. The molecule has 2 N–H and O–H groups in total. The lowest BCUT2D eigenvalue weighted by atomic mass is 10.3. The lowest BCUT2D eigenvalue weighted by Crippen LogP contribution is -2.27. The maximum atomic E-state index is 12.2. The molecule has 1 amide bonds.